The van der Waals surface area contributed by atoms with Gasteiger partial charge in [-0.15, -0.1) is 0 Å². The molecule has 1 aliphatic carbocycles. The number of pyridine rings is 1. The summed E-state index contributed by atoms with van der Waals surface area (Å²) in [4.78, 5) is 30.0. The lowest BCUT2D eigenvalue weighted by Crippen LogP contribution is -2.25. The molecule has 1 saturated carbocycles. The maximum Gasteiger partial charge on any atom is 0.256 e. The predicted octanol–water partition coefficient (Wildman–Crippen LogP) is 4.50. The second-order valence-electron chi connectivity index (χ2n) is 7.55. The highest BCUT2D eigenvalue weighted by Gasteiger charge is 2.24. The molecule has 28 heavy (non-hydrogen) atoms. The molecule has 1 fully saturated rings. The normalized spacial score (nSPS) is 13.5. The molecular weight excluding hydrogens is 350 g/mol. The number of rotatable bonds is 5. The molecule has 2 amide bonds. The number of fused-ring (bicyclic) bond motifs is 1. The number of benzene rings is 2. The van der Waals surface area contributed by atoms with Crippen molar-refractivity contribution in [2.24, 2.45) is 0 Å². The van der Waals surface area contributed by atoms with Crippen molar-refractivity contribution < 1.29 is 9.59 Å². The minimum absolute atomic E-state index is 0.102. The highest BCUT2D eigenvalue weighted by Crippen LogP contribution is 2.24. The fourth-order valence-corrected chi connectivity index (χ4v) is 3.11. The predicted molar refractivity (Wildman–Crippen MR) is 111 cm³/mol. The molecule has 4 rings (SSSR count). The summed E-state index contributed by atoms with van der Waals surface area (Å²) in [7, 11) is 0. The van der Waals surface area contributed by atoms with Crippen LogP contribution in [0.4, 0.5) is 5.69 Å². The number of para-hydroxylation sites is 1. The van der Waals surface area contributed by atoms with E-state index in [9.17, 15) is 9.59 Å². The van der Waals surface area contributed by atoms with Crippen LogP contribution in [0.5, 0.6) is 0 Å². The maximum absolute atomic E-state index is 13.0. The number of anilines is 1. The van der Waals surface area contributed by atoms with Gasteiger partial charge >= 0.3 is 0 Å². The molecular formula is C23H23N3O2. The lowest BCUT2D eigenvalue weighted by molar-refractivity contribution is 0.0949. The summed E-state index contributed by atoms with van der Waals surface area (Å²) in [6.07, 6.45) is 2.07. The number of nitrogens with one attached hydrogen (secondary N) is 2. The molecule has 0 saturated heterocycles. The van der Waals surface area contributed by atoms with Gasteiger partial charge in [0.05, 0.1) is 11.1 Å². The van der Waals surface area contributed by atoms with Crippen molar-refractivity contribution in [3.8, 4) is 0 Å². The van der Waals surface area contributed by atoms with Crippen LogP contribution in [0.25, 0.3) is 10.9 Å². The van der Waals surface area contributed by atoms with Gasteiger partial charge in [0.15, 0.2) is 0 Å². The van der Waals surface area contributed by atoms with Crippen molar-refractivity contribution >= 4 is 28.4 Å². The monoisotopic (exact) mass is 373 g/mol. The Labute approximate surface area is 164 Å². The average molecular weight is 373 g/mol. The molecule has 2 aromatic carbocycles. The van der Waals surface area contributed by atoms with E-state index < -0.39 is 0 Å². The molecule has 0 aliphatic heterocycles. The summed E-state index contributed by atoms with van der Waals surface area (Å²) in [6, 6.07) is 16.8. The third kappa shape index (κ3) is 3.88. The van der Waals surface area contributed by atoms with Crippen molar-refractivity contribution in [1.29, 1.82) is 0 Å². The molecule has 2 N–H and O–H groups in total. The highest BCUT2D eigenvalue weighted by atomic mass is 16.2. The fourth-order valence-electron chi connectivity index (χ4n) is 3.11. The minimum Gasteiger partial charge on any atom is -0.349 e. The maximum atomic E-state index is 13.0. The molecule has 1 aromatic heterocycles. The number of carbonyl (C=O) groups excluding carboxylic acids is 2. The van der Waals surface area contributed by atoms with Crippen LogP contribution in [0.2, 0.25) is 0 Å². The van der Waals surface area contributed by atoms with Gasteiger partial charge < -0.3 is 10.6 Å². The zero-order valence-electron chi connectivity index (χ0n) is 16.0. The molecule has 1 heterocycles. The van der Waals surface area contributed by atoms with Crippen LogP contribution in [0.15, 0.2) is 54.6 Å². The standard InChI is InChI=1S/C23H23N3O2/c1-14(2)21-13-19(18-8-3-4-9-20(18)26-21)23(28)25-17-7-5-6-15(12-17)22(27)24-16-10-11-16/h3-9,12-14,16H,10-11H2,1-2H3,(H,24,27)(H,25,28). The molecule has 142 valence electrons. The third-order valence-corrected chi connectivity index (χ3v) is 4.87. The molecule has 0 atom stereocenters. The van der Waals surface area contributed by atoms with Gasteiger partial charge in [-0.3, -0.25) is 14.6 Å². The Morgan fingerprint density at radius 3 is 2.54 bits per heavy atom. The van der Waals surface area contributed by atoms with Gasteiger partial charge in [-0.2, -0.15) is 0 Å². The van der Waals surface area contributed by atoms with Crippen LogP contribution in [0.3, 0.4) is 0 Å². The summed E-state index contributed by atoms with van der Waals surface area (Å²) < 4.78 is 0. The van der Waals surface area contributed by atoms with E-state index in [4.69, 9.17) is 0 Å². The van der Waals surface area contributed by atoms with Crippen molar-refractivity contribution in [1.82, 2.24) is 10.3 Å². The number of aromatic nitrogens is 1. The summed E-state index contributed by atoms with van der Waals surface area (Å²) in [5.74, 6) is -0.0964. The van der Waals surface area contributed by atoms with Crippen LogP contribution in [0, 0.1) is 0 Å². The van der Waals surface area contributed by atoms with Gasteiger partial charge in [-0.1, -0.05) is 38.1 Å². The number of carbonyl (C=O) groups is 2. The van der Waals surface area contributed by atoms with E-state index in [1.807, 2.05) is 30.3 Å². The Kier molecular flexibility index (Phi) is 4.82. The number of amides is 2. The van der Waals surface area contributed by atoms with E-state index in [1.165, 1.54) is 0 Å². The van der Waals surface area contributed by atoms with E-state index >= 15 is 0 Å². The van der Waals surface area contributed by atoms with Gasteiger partial charge in [-0.05, 0) is 49.1 Å². The van der Waals surface area contributed by atoms with Crippen LogP contribution < -0.4 is 10.6 Å². The van der Waals surface area contributed by atoms with Crippen LogP contribution in [0.1, 0.15) is 59.0 Å². The van der Waals surface area contributed by atoms with Gasteiger partial charge in [0, 0.05) is 28.4 Å². The summed E-state index contributed by atoms with van der Waals surface area (Å²) in [6.45, 7) is 4.11. The molecule has 5 heteroatoms. The average Bonchev–Trinajstić information content (AvgIpc) is 3.51. The zero-order valence-corrected chi connectivity index (χ0v) is 16.0. The quantitative estimate of drug-likeness (QED) is 0.692. The first-order chi connectivity index (χ1) is 13.5. The van der Waals surface area contributed by atoms with Gasteiger partial charge in [0.2, 0.25) is 0 Å². The first kappa shape index (κ1) is 18.2. The lowest BCUT2D eigenvalue weighted by atomic mass is 10.0. The van der Waals surface area contributed by atoms with E-state index in [0.717, 1.165) is 29.4 Å². The largest absolute Gasteiger partial charge is 0.349 e. The van der Waals surface area contributed by atoms with E-state index in [0.29, 0.717) is 22.9 Å². The van der Waals surface area contributed by atoms with Gasteiger partial charge in [-0.25, -0.2) is 0 Å². The molecule has 0 unspecified atom stereocenters. The Morgan fingerprint density at radius 1 is 1.00 bits per heavy atom. The molecule has 3 aromatic rings. The first-order valence-corrected chi connectivity index (χ1v) is 9.63. The summed E-state index contributed by atoms with van der Waals surface area (Å²) >= 11 is 0. The van der Waals surface area contributed by atoms with E-state index in [1.54, 1.807) is 24.3 Å². The summed E-state index contributed by atoms with van der Waals surface area (Å²) in [5, 5.41) is 6.71. The Balaban J connectivity index is 1.62. The molecule has 0 radical (unpaired) electrons. The Hall–Kier alpha value is -3.21. The van der Waals surface area contributed by atoms with Gasteiger partial charge in [0.1, 0.15) is 0 Å². The van der Waals surface area contributed by atoms with Crippen molar-refractivity contribution in [3.63, 3.8) is 0 Å². The smallest absolute Gasteiger partial charge is 0.256 e. The van der Waals surface area contributed by atoms with Crippen molar-refractivity contribution in [3.05, 3.63) is 71.4 Å². The Bertz CT molecular complexity index is 1050. The topological polar surface area (TPSA) is 71.1 Å². The second-order valence-corrected chi connectivity index (χ2v) is 7.55. The Morgan fingerprint density at radius 2 is 1.79 bits per heavy atom. The minimum atomic E-state index is -0.208. The van der Waals surface area contributed by atoms with E-state index in [2.05, 4.69) is 29.5 Å². The van der Waals surface area contributed by atoms with Crippen LogP contribution >= 0.6 is 0 Å². The second kappa shape index (κ2) is 7.43. The molecule has 5 nitrogen and oxygen atoms in total. The first-order valence-electron chi connectivity index (χ1n) is 9.63. The van der Waals surface area contributed by atoms with Crippen LogP contribution in [-0.4, -0.2) is 22.8 Å². The lowest BCUT2D eigenvalue weighted by Gasteiger charge is -2.12. The highest BCUT2D eigenvalue weighted by molar-refractivity contribution is 6.12. The molecule has 0 bridgehead atoms. The summed E-state index contributed by atoms with van der Waals surface area (Å²) in [5.41, 5.74) is 3.41. The molecule has 0 spiro atoms. The zero-order chi connectivity index (χ0) is 19.7. The fraction of sp³-hybridized carbons (Fsp3) is 0.261. The number of hydrogen-bond acceptors (Lipinski definition) is 3. The SMILES string of the molecule is CC(C)c1cc(C(=O)Nc2cccc(C(=O)NC3CC3)c2)c2ccccc2n1. The number of nitrogens with zero attached hydrogens (tertiary/aromatic N) is 1. The van der Waals surface area contributed by atoms with Crippen molar-refractivity contribution in [2.75, 3.05) is 5.32 Å². The van der Waals surface area contributed by atoms with Crippen LogP contribution in [-0.2, 0) is 0 Å². The van der Waals surface area contributed by atoms with Gasteiger partial charge in [0.25, 0.3) is 11.8 Å². The van der Waals surface area contributed by atoms with Crippen molar-refractivity contribution in [2.45, 2.75) is 38.6 Å². The van der Waals surface area contributed by atoms with E-state index in [-0.39, 0.29) is 17.7 Å². The molecule has 1 aliphatic rings. The number of hydrogen-bond donors (Lipinski definition) is 2. The third-order valence-electron chi connectivity index (χ3n) is 4.87.